The topological polar surface area (TPSA) is 39.6 Å². The van der Waals surface area contributed by atoms with Gasteiger partial charge in [-0.3, -0.25) is 4.90 Å². The third-order valence-corrected chi connectivity index (χ3v) is 3.80. The summed E-state index contributed by atoms with van der Waals surface area (Å²) < 4.78 is 0. The molecule has 1 saturated heterocycles. The van der Waals surface area contributed by atoms with E-state index < -0.39 is 6.10 Å². The third kappa shape index (κ3) is 3.45. The first-order valence-electron chi connectivity index (χ1n) is 7.02. The number of pyridine rings is 1. The van der Waals surface area contributed by atoms with Crippen molar-refractivity contribution >= 4 is 5.82 Å². The number of rotatable bonds is 2. The second-order valence-corrected chi connectivity index (χ2v) is 6.27. The summed E-state index contributed by atoms with van der Waals surface area (Å²) in [7, 11) is 0. The minimum absolute atomic E-state index is 0.237. The van der Waals surface area contributed by atoms with Crippen LogP contribution in [-0.2, 0) is 0 Å². The molecule has 19 heavy (non-hydrogen) atoms. The average Bonchev–Trinajstić information content (AvgIpc) is 2.38. The van der Waals surface area contributed by atoms with Crippen molar-refractivity contribution in [3.05, 3.63) is 23.9 Å². The number of aliphatic hydroxyl groups is 1. The van der Waals surface area contributed by atoms with Gasteiger partial charge in [0.25, 0.3) is 0 Å². The van der Waals surface area contributed by atoms with Gasteiger partial charge in [0.15, 0.2) is 0 Å². The maximum absolute atomic E-state index is 9.64. The lowest BCUT2D eigenvalue weighted by Crippen LogP contribution is -2.53. The fourth-order valence-corrected chi connectivity index (χ4v) is 2.47. The van der Waals surface area contributed by atoms with Gasteiger partial charge in [0.05, 0.1) is 6.10 Å². The lowest BCUT2D eigenvalue weighted by molar-refractivity contribution is 0.128. The molecule has 1 aromatic heterocycles. The number of hydrogen-bond donors (Lipinski definition) is 1. The standard InChI is InChI=1S/C15H25N3O/c1-12(19)13-5-6-16-14(11-13)17-7-9-18(10-8-17)15(2,3)4/h5-6,11-12,19H,7-10H2,1-4H3/t12-/m1/s1. The number of piperazine rings is 1. The minimum atomic E-state index is -0.433. The Hall–Kier alpha value is -1.13. The number of aliphatic hydroxyl groups excluding tert-OH is 1. The fraction of sp³-hybridized carbons (Fsp3) is 0.667. The molecule has 0 saturated carbocycles. The summed E-state index contributed by atoms with van der Waals surface area (Å²) in [5.74, 6) is 0.979. The molecule has 0 radical (unpaired) electrons. The van der Waals surface area contributed by atoms with Crippen molar-refractivity contribution in [3.63, 3.8) is 0 Å². The molecule has 0 aliphatic carbocycles. The lowest BCUT2D eigenvalue weighted by Gasteiger charge is -2.42. The Kier molecular flexibility index (Phi) is 4.11. The van der Waals surface area contributed by atoms with Crippen LogP contribution in [0.25, 0.3) is 0 Å². The average molecular weight is 263 g/mol. The quantitative estimate of drug-likeness (QED) is 0.886. The van der Waals surface area contributed by atoms with Crippen molar-refractivity contribution in [2.75, 3.05) is 31.1 Å². The number of nitrogens with zero attached hydrogens (tertiary/aromatic N) is 3. The van der Waals surface area contributed by atoms with Crippen molar-refractivity contribution in [1.82, 2.24) is 9.88 Å². The lowest BCUT2D eigenvalue weighted by atomic mass is 10.0. The number of aromatic nitrogens is 1. The Bertz CT molecular complexity index is 418. The van der Waals surface area contributed by atoms with Gasteiger partial charge >= 0.3 is 0 Å². The van der Waals surface area contributed by atoms with Crippen molar-refractivity contribution in [3.8, 4) is 0 Å². The van der Waals surface area contributed by atoms with Crippen LogP contribution in [-0.4, -0.2) is 46.7 Å². The summed E-state index contributed by atoms with van der Waals surface area (Å²) in [6.45, 7) is 12.7. The summed E-state index contributed by atoms with van der Waals surface area (Å²) in [4.78, 5) is 9.23. The Morgan fingerprint density at radius 1 is 1.21 bits per heavy atom. The van der Waals surface area contributed by atoms with Gasteiger partial charge in [-0.15, -0.1) is 0 Å². The summed E-state index contributed by atoms with van der Waals surface area (Å²) in [5.41, 5.74) is 1.17. The maximum Gasteiger partial charge on any atom is 0.128 e. The molecule has 1 N–H and O–H groups in total. The van der Waals surface area contributed by atoms with E-state index in [0.717, 1.165) is 37.6 Å². The summed E-state index contributed by atoms with van der Waals surface area (Å²) >= 11 is 0. The highest BCUT2D eigenvalue weighted by atomic mass is 16.3. The Morgan fingerprint density at radius 3 is 2.37 bits per heavy atom. The molecule has 0 aromatic carbocycles. The second kappa shape index (κ2) is 5.47. The van der Waals surface area contributed by atoms with Crippen LogP contribution in [0.2, 0.25) is 0 Å². The first-order valence-corrected chi connectivity index (χ1v) is 7.02. The van der Waals surface area contributed by atoms with E-state index in [1.54, 1.807) is 13.1 Å². The zero-order chi connectivity index (χ0) is 14.0. The van der Waals surface area contributed by atoms with Gasteiger partial charge in [-0.25, -0.2) is 4.98 Å². The highest BCUT2D eigenvalue weighted by Crippen LogP contribution is 2.21. The SMILES string of the molecule is C[C@@H](O)c1ccnc(N2CCN(C(C)(C)C)CC2)c1. The highest BCUT2D eigenvalue weighted by molar-refractivity contribution is 5.42. The number of hydrogen-bond acceptors (Lipinski definition) is 4. The predicted molar refractivity (Wildman–Crippen MR) is 78.4 cm³/mol. The summed E-state index contributed by atoms with van der Waals surface area (Å²) in [6, 6.07) is 3.87. The molecular formula is C15H25N3O. The van der Waals surface area contributed by atoms with Gasteiger partial charge in [0, 0.05) is 37.9 Å². The molecule has 0 amide bonds. The molecule has 4 heteroatoms. The molecule has 106 valence electrons. The molecule has 2 heterocycles. The van der Waals surface area contributed by atoms with Crippen LogP contribution in [0, 0.1) is 0 Å². The van der Waals surface area contributed by atoms with E-state index in [2.05, 4.69) is 35.6 Å². The van der Waals surface area contributed by atoms with E-state index in [1.165, 1.54) is 0 Å². The second-order valence-electron chi connectivity index (χ2n) is 6.27. The van der Waals surface area contributed by atoms with E-state index in [-0.39, 0.29) is 5.54 Å². The largest absolute Gasteiger partial charge is 0.389 e. The Balaban J connectivity index is 2.03. The molecule has 0 unspecified atom stereocenters. The first-order chi connectivity index (χ1) is 8.88. The van der Waals surface area contributed by atoms with E-state index in [1.807, 2.05) is 12.1 Å². The van der Waals surface area contributed by atoms with Gasteiger partial charge in [0.2, 0.25) is 0 Å². The van der Waals surface area contributed by atoms with E-state index in [4.69, 9.17) is 0 Å². The first kappa shape index (κ1) is 14.3. The van der Waals surface area contributed by atoms with Crippen molar-refractivity contribution in [2.45, 2.75) is 39.3 Å². The monoisotopic (exact) mass is 263 g/mol. The smallest absolute Gasteiger partial charge is 0.128 e. The molecule has 1 fully saturated rings. The van der Waals surface area contributed by atoms with Crippen LogP contribution in [0.1, 0.15) is 39.4 Å². The fourth-order valence-electron chi connectivity index (χ4n) is 2.47. The highest BCUT2D eigenvalue weighted by Gasteiger charge is 2.26. The van der Waals surface area contributed by atoms with Crippen LogP contribution in [0.3, 0.4) is 0 Å². The number of anilines is 1. The molecule has 0 bridgehead atoms. The zero-order valence-corrected chi connectivity index (χ0v) is 12.4. The van der Waals surface area contributed by atoms with Crippen LogP contribution in [0.4, 0.5) is 5.82 Å². The van der Waals surface area contributed by atoms with Gasteiger partial charge in [-0.2, -0.15) is 0 Å². The predicted octanol–water partition coefficient (Wildman–Crippen LogP) is 2.06. The van der Waals surface area contributed by atoms with Crippen LogP contribution >= 0.6 is 0 Å². The van der Waals surface area contributed by atoms with Crippen molar-refractivity contribution in [1.29, 1.82) is 0 Å². The van der Waals surface area contributed by atoms with Gasteiger partial charge in [0.1, 0.15) is 5.82 Å². The molecule has 1 aliphatic heterocycles. The molecule has 1 aromatic rings. The van der Waals surface area contributed by atoms with Crippen LogP contribution in [0.15, 0.2) is 18.3 Å². The molecule has 0 spiro atoms. The molecule has 1 aliphatic rings. The van der Waals surface area contributed by atoms with E-state index >= 15 is 0 Å². The Labute approximate surface area is 116 Å². The van der Waals surface area contributed by atoms with E-state index in [9.17, 15) is 5.11 Å². The molecule has 1 atom stereocenters. The van der Waals surface area contributed by atoms with E-state index in [0.29, 0.717) is 0 Å². The van der Waals surface area contributed by atoms with Gasteiger partial charge in [-0.05, 0) is 45.4 Å². The maximum atomic E-state index is 9.64. The van der Waals surface area contributed by atoms with Crippen LogP contribution in [0.5, 0.6) is 0 Å². The van der Waals surface area contributed by atoms with Crippen molar-refractivity contribution < 1.29 is 5.11 Å². The Morgan fingerprint density at radius 2 is 1.84 bits per heavy atom. The molecule has 4 nitrogen and oxygen atoms in total. The summed E-state index contributed by atoms with van der Waals surface area (Å²) in [6.07, 6.45) is 1.35. The summed E-state index contributed by atoms with van der Waals surface area (Å²) in [5, 5.41) is 9.64. The molecule has 2 rings (SSSR count). The van der Waals surface area contributed by atoms with Crippen LogP contribution < -0.4 is 4.90 Å². The zero-order valence-electron chi connectivity index (χ0n) is 12.4. The van der Waals surface area contributed by atoms with Crippen molar-refractivity contribution in [2.24, 2.45) is 0 Å². The molecular weight excluding hydrogens is 238 g/mol. The minimum Gasteiger partial charge on any atom is -0.389 e. The van der Waals surface area contributed by atoms with Gasteiger partial charge in [-0.1, -0.05) is 0 Å². The van der Waals surface area contributed by atoms with Gasteiger partial charge < -0.3 is 10.0 Å². The normalized spacial score (nSPS) is 19.5. The third-order valence-electron chi connectivity index (χ3n) is 3.80.